The normalized spacial score (nSPS) is 13.4. The first-order valence-electron chi connectivity index (χ1n) is 7.38. The summed E-state index contributed by atoms with van der Waals surface area (Å²) in [6, 6.07) is 10.9. The molecular weight excluding hydrogens is 306 g/mol. The summed E-state index contributed by atoms with van der Waals surface area (Å²) in [5.41, 5.74) is 8.66. The number of hydrogen-bond donors (Lipinski definition) is 2. The molecule has 0 fully saturated rings. The van der Waals surface area contributed by atoms with Gasteiger partial charge >= 0.3 is 0 Å². The Kier molecular flexibility index (Phi) is 3.20. The second kappa shape index (κ2) is 5.25. The Bertz CT molecular complexity index is 909. The van der Waals surface area contributed by atoms with E-state index in [0.717, 1.165) is 33.6 Å². The van der Waals surface area contributed by atoms with Gasteiger partial charge in [-0.05, 0) is 65.4 Å². The van der Waals surface area contributed by atoms with Crippen molar-refractivity contribution in [3.63, 3.8) is 0 Å². The molecule has 0 unspecified atom stereocenters. The number of nitrogens with zero attached hydrogens (tertiary/aromatic N) is 1. The quantitative estimate of drug-likeness (QED) is 0.736. The molecule has 0 radical (unpaired) electrons. The number of phenols is 2. The lowest BCUT2D eigenvalue weighted by Crippen LogP contribution is -1.89. The lowest BCUT2D eigenvalue weighted by atomic mass is 9.99. The van der Waals surface area contributed by atoms with Crippen LogP contribution >= 0.6 is 11.3 Å². The molecule has 0 spiro atoms. The Morgan fingerprint density at radius 2 is 1.83 bits per heavy atom. The zero-order valence-electron chi connectivity index (χ0n) is 12.6. The second-order valence-corrected chi connectivity index (χ2v) is 6.62. The number of aromatic hydroxyl groups is 2. The number of rotatable bonds is 2. The van der Waals surface area contributed by atoms with E-state index in [1.54, 1.807) is 23.5 Å². The van der Waals surface area contributed by atoms with Gasteiger partial charge in [0.2, 0.25) is 0 Å². The zero-order chi connectivity index (χ0) is 16.0. The van der Waals surface area contributed by atoms with Gasteiger partial charge in [-0.25, -0.2) is 0 Å². The van der Waals surface area contributed by atoms with E-state index in [0.29, 0.717) is 0 Å². The van der Waals surface area contributed by atoms with Gasteiger partial charge in [0.25, 0.3) is 0 Å². The van der Waals surface area contributed by atoms with Gasteiger partial charge in [-0.3, -0.25) is 4.98 Å². The van der Waals surface area contributed by atoms with Gasteiger partial charge in [-0.1, -0.05) is 12.1 Å². The highest BCUT2D eigenvalue weighted by molar-refractivity contribution is 7.11. The summed E-state index contributed by atoms with van der Waals surface area (Å²) in [4.78, 5) is 5.30. The summed E-state index contributed by atoms with van der Waals surface area (Å²) in [7, 11) is 0. The first-order chi connectivity index (χ1) is 11.1. The summed E-state index contributed by atoms with van der Waals surface area (Å²) in [5, 5.41) is 19.6. The lowest BCUT2D eigenvalue weighted by molar-refractivity contribution is 0.474. The van der Waals surface area contributed by atoms with E-state index in [1.165, 1.54) is 11.1 Å². The van der Waals surface area contributed by atoms with Crippen molar-refractivity contribution in [2.24, 2.45) is 0 Å². The molecule has 23 heavy (non-hydrogen) atoms. The monoisotopic (exact) mass is 321 g/mol. The molecule has 114 valence electrons. The third kappa shape index (κ3) is 2.32. The molecule has 4 heteroatoms. The topological polar surface area (TPSA) is 53.4 Å². The maximum Gasteiger partial charge on any atom is 0.116 e. The number of fused-ring (bicyclic) bond motifs is 1. The van der Waals surface area contributed by atoms with E-state index in [2.05, 4.69) is 4.98 Å². The minimum atomic E-state index is 0.262. The fourth-order valence-electron chi connectivity index (χ4n) is 3.21. The van der Waals surface area contributed by atoms with E-state index >= 15 is 0 Å². The van der Waals surface area contributed by atoms with Crippen molar-refractivity contribution in [2.45, 2.75) is 13.3 Å². The molecular formula is C19H15NO2S. The van der Waals surface area contributed by atoms with Crippen molar-refractivity contribution < 1.29 is 10.2 Å². The van der Waals surface area contributed by atoms with Gasteiger partial charge < -0.3 is 10.2 Å². The molecule has 3 aromatic rings. The van der Waals surface area contributed by atoms with Gasteiger partial charge in [0.15, 0.2) is 0 Å². The van der Waals surface area contributed by atoms with Crippen LogP contribution in [0.15, 0.2) is 48.1 Å². The molecule has 0 amide bonds. The van der Waals surface area contributed by atoms with E-state index in [4.69, 9.17) is 0 Å². The molecule has 1 aliphatic carbocycles. The van der Waals surface area contributed by atoms with Gasteiger partial charge in [0.1, 0.15) is 11.5 Å². The van der Waals surface area contributed by atoms with Crippen molar-refractivity contribution >= 4 is 22.5 Å². The van der Waals surface area contributed by atoms with E-state index in [1.807, 2.05) is 42.9 Å². The molecule has 3 nitrogen and oxygen atoms in total. The average Bonchev–Trinajstić information content (AvgIpc) is 3.14. The number of benzene rings is 2. The van der Waals surface area contributed by atoms with Crippen molar-refractivity contribution in [3.05, 3.63) is 75.2 Å². The zero-order valence-corrected chi connectivity index (χ0v) is 13.4. The molecule has 0 saturated heterocycles. The van der Waals surface area contributed by atoms with Crippen LogP contribution in [0.25, 0.3) is 11.1 Å². The Balaban J connectivity index is 1.98. The Morgan fingerprint density at radius 1 is 1.04 bits per heavy atom. The summed E-state index contributed by atoms with van der Waals surface area (Å²) in [6.07, 6.45) is 2.69. The molecule has 0 aliphatic heterocycles. The molecule has 2 N–H and O–H groups in total. The number of hydrogen-bond acceptors (Lipinski definition) is 4. The van der Waals surface area contributed by atoms with Gasteiger partial charge in [-0.2, -0.15) is 0 Å². The Labute approximate surface area is 138 Å². The average molecular weight is 321 g/mol. The van der Waals surface area contributed by atoms with Crippen molar-refractivity contribution in [1.29, 1.82) is 0 Å². The van der Waals surface area contributed by atoms with E-state index in [9.17, 15) is 10.2 Å². The van der Waals surface area contributed by atoms with Crippen LogP contribution in [0.5, 0.6) is 11.5 Å². The Hall–Kier alpha value is -2.59. The standard InChI is InChI=1S/C19H15NO2S/c1-11-6-14(22)7-17-15(11)8-16(12-2-4-13(21)5-3-12)19(17)18-9-20-10-23-18/h2-7,9-10,21-22H,8H2,1H3. The molecule has 1 heterocycles. The van der Waals surface area contributed by atoms with Gasteiger partial charge in [-0.15, -0.1) is 11.3 Å². The molecule has 0 atom stereocenters. The maximum absolute atomic E-state index is 10.0. The van der Waals surface area contributed by atoms with Crippen LogP contribution < -0.4 is 0 Å². The van der Waals surface area contributed by atoms with Crippen molar-refractivity contribution in [2.75, 3.05) is 0 Å². The highest BCUT2D eigenvalue weighted by atomic mass is 32.1. The predicted molar refractivity (Wildman–Crippen MR) is 92.7 cm³/mol. The highest BCUT2D eigenvalue weighted by Crippen LogP contribution is 2.45. The van der Waals surface area contributed by atoms with Gasteiger partial charge in [0.05, 0.1) is 10.4 Å². The van der Waals surface area contributed by atoms with Gasteiger partial charge in [0, 0.05) is 11.8 Å². The summed E-state index contributed by atoms with van der Waals surface area (Å²) in [6.45, 7) is 2.03. The first-order valence-corrected chi connectivity index (χ1v) is 8.25. The smallest absolute Gasteiger partial charge is 0.116 e. The third-order valence-corrected chi connectivity index (χ3v) is 5.07. The number of allylic oxidation sites excluding steroid dienone is 1. The maximum atomic E-state index is 10.0. The summed E-state index contributed by atoms with van der Waals surface area (Å²) < 4.78 is 0. The summed E-state index contributed by atoms with van der Waals surface area (Å²) >= 11 is 1.60. The van der Waals surface area contributed by atoms with Crippen LogP contribution in [0.2, 0.25) is 0 Å². The minimum Gasteiger partial charge on any atom is -0.508 e. The van der Waals surface area contributed by atoms with Crippen LogP contribution in [0.4, 0.5) is 0 Å². The highest BCUT2D eigenvalue weighted by Gasteiger charge is 2.26. The van der Waals surface area contributed by atoms with Crippen LogP contribution in [0, 0.1) is 6.92 Å². The largest absolute Gasteiger partial charge is 0.508 e. The molecule has 1 aliphatic rings. The fourth-order valence-corrected chi connectivity index (χ4v) is 3.92. The Morgan fingerprint density at radius 3 is 2.52 bits per heavy atom. The number of phenolic OH excluding ortho intramolecular Hbond substituents is 2. The second-order valence-electron chi connectivity index (χ2n) is 5.73. The molecule has 1 aromatic heterocycles. The molecule has 2 aromatic carbocycles. The third-order valence-electron chi connectivity index (χ3n) is 4.28. The van der Waals surface area contributed by atoms with Crippen LogP contribution in [0.3, 0.4) is 0 Å². The van der Waals surface area contributed by atoms with Crippen molar-refractivity contribution in [1.82, 2.24) is 4.98 Å². The predicted octanol–water partition coefficient (Wildman–Crippen LogP) is 4.38. The summed E-state index contributed by atoms with van der Waals surface area (Å²) in [5.74, 6) is 0.549. The number of thiazole rings is 1. The number of aryl methyl sites for hydroxylation is 1. The fraction of sp³-hybridized carbons (Fsp3) is 0.105. The number of aromatic nitrogens is 1. The van der Waals surface area contributed by atoms with Crippen LogP contribution in [-0.2, 0) is 6.42 Å². The lowest BCUT2D eigenvalue weighted by Gasteiger charge is -2.08. The molecule has 4 rings (SSSR count). The van der Waals surface area contributed by atoms with E-state index in [-0.39, 0.29) is 11.5 Å². The van der Waals surface area contributed by atoms with Crippen LogP contribution in [-0.4, -0.2) is 15.2 Å². The first kappa shape index (κ1) is 14.0. The van der Waals surface area contributed by atoms with Crippen molar-refractivity contribution in [3.8, 4) is 11.5 Å². The molecule has 0 saturated carbocycles. The molecule has 0 bridgehead atoms. The minimum absolute atomic E-state index is 0.262. The van der Waals surface area contributed by atoms with Crippen LogP contribution in [0.1, 0.15) is 27.1 Å². The SMILES string of the molecule is Cc1cc(O)cc2c1CC(c1ccc(O)cc1)=C2c1cncs1. The van der Waals surface area contributed by atoms with E-state index < -0.39 is 0 Å².